The van der Waals surface area contributed by atoms with Gasteiger partial charge in [-0.15, -0.1) is 0 Å². The second-order valence-corrected chi connectivity index (χ2v) is 31.3. The van der Waals surface area contributed by atoms with E-state index >= 15 is 0 Å². The molecule has 0 fully saturated rings. The Hall–Kier alpha value is -2.46. The van der Waals surface area contributed by atoms with Gasteiger partial charge in [0.1, 0.15) is 19.3 Å². The van der Waals surface area contributed by atoms with Crippen LogP contribution < -0.4 is 0 Å². The summed E-state index contributed by atoms with van der Waals surface area (Å²) in [6.45, 7) is 9.40. The molecule has 0 aliphatic carbocycles. The van der Waals surface area contributed by atoms with E-state index in [1.807, 2.05) is 0 Å². The third kappa shape index (κ3) is 71.7. The Balaban J connectivity index is 5.21. The highest BCUT2D eigenvalue weighted by molar-refractivity contribution is 7.47. The molecule has 0 aromatic heterocycles. The molecule has 0 rings (SSSR count). The fraction of sp³-hybridized carbons (Fsp3) is 0.897. The van der Waals surface area contributed by atoms with Gasteiger partial charge in [-0.05, 0) is 63.2 Å². The highest BCUT2D eigenvalue weighted by Crippen LogP contribution is 2.45. The fourth-order valence-corrected chi connectivity index (χ4v) is 13.0. The molecule has 5 atom stereocenters. The zero-order valence-electron chi connectivity index (χ0n) is 62.9. The number of rotatable bonds is 75. The number of hydrogen-bond donors (Lipinski definition) is 3. The average Bonchev–Trinajstić information content (AvgIpc) is 1.03. The van der Waals surface area contributed by atoms with Crippen molar-refractivity contribution in [1.82, 2.24) is 0 Å². The van der Waals surface area contributed by atoms with Crippen LogP contribution in [-0.2, 0) is 65.4 Å². The minimum Gasteiger partial charge on any atom is -0.462 e. The standard InChI is InChI=1S/C78H148O17P2/c1-7-9-11-13-15-17-19-21-23-24-25-26-27-28-29-31-33-35-37-42-50-56-62-77(82)94-73(66-88-75(80)60-54-48-41-36-34-32-30-22-20-18-16-14-12-10-8-2)68-92-96(84,85)90-64-72(79)65-91-97(86,87)93-69-74(67-89-76(81)61-55-49-45-44-47-53-59-71(5)6)95-78(83)63-57-51-43-39-38-40-46-52-58-70(3)4/h18,20,22,30,70-74,79H,7-17,19,21,23-29,31-69H2,1-6H3,(H,84,85)(H,86,87)/b20-18-,30-22-/t72-,73-,74-/m1/s1. The van der Waals surface area contributed by atoms with Crippen LogP contribution in [0.5, 0.6) is 0 Å². The highest BCUT2D eigenvalue weighted by Gasteiger charge is 2.30. The minimum absolute atomic E-state index is 0.101. The first-order valence-electron chi connectivity index (χ1n) is 39.8. The Morgan fingerprint density at radius 1 is 0.320 bits per heavy atom. The summed E-state index contributed by atoms with van der Waals surface area (Å²) < 4.78 is 68.4. The molecule has 0 aromatic rings. The largest absolute Gasteiger partial charge is 0.472 e. The maximum Gasteiger partial charge on any atom is 0.472 e. The Labute approximate surface area is 592 Å². The van der Waals surface area contributed by atoms with Gasteiger partial charge in [-0.3, -0.25) is 37.3 Å². The van der Waals surface area contributed by atoms with Crippen molar-refractivity contribution in [2.75, 3.05) is 39.6 Å². The van der Waals surface area contributed by atoms with Crippen molar-refractivity contribution in [2.45, 2.75) is 400 Å². The van der Waals surface area contributed by atoms with E-state index in [1.54, 1.807) is 0 Å². The number of hydrogen-bond acceptors (Lipinski definition) is 15. The van der Waals surface area contributed by atoms with Crippen LogP contribution in [0.25, 0.3) is 0 Å². The summed E-state index contributed by atoms with van der Waals surface area (Å²) in [7, 11) is -9.92. The number of allylic oxidation sites excluding steroid dienone is 4. The van der Waals surface area contributed by atoms with Gasteiger partial charge in [0.2, 0.25) is 0 Å². The summed E-state index contributed by atoms with van der Waals surface area (Å²) in [4.78, 5) is 72.7. The predicted octanol–water partition coefficient (Wildman–Crippen LogP) is 22.7. The molecule has 0 amide bonds. The minimum atomic E-state index is -4.97. The summed E-state index contributed by atoms with van der Waals surface area (Å²) in [6, 6.07) is 0. The lowest BCUT2D eigenvalue weighted by Gasteiger charge is -2.21. The smallest absolute Gasteiger partial charge is 0.462 e. The number of unbranched alkanes of at least 4 members (excludes halogenated alkanes) is 42. The van der Waals surface area contributed by atoms with Gasteiger partial charge < -0.3 is 33.8 Å². The molecule has 0 spiro atoms. The summed E-state index contributed by atoms with van der Waals surface area (Å²) in [5, 5.41) is 10.6. The van der Waals surface area contributed by atoms with Crippen molar-refractivity contribution in [2.24, 2.45) is 11.8 Å². The first-order chi connectivity index (χ1) is 46.9. The molecule has 0 heterocycles. The van der Waals surface area contributed by atoms with E-state index in [9.17, 15) is 43.2 Å². The maximum atomic E-state index is 13.1. The van der Waals surface area contributed by atoms with Crippen LogP contribution in [0.15, 0.2) is 24.3 Å². The van der Waals surface area contributed by atoms with Crippen LogP contribution >= 0.6 is 15.6 Å². The fourth-order valence-electron chi connectivity index (χ4n) is 11.5. The van der Waals surface area contributed by atoms with Crippen LogP contribution in [0.1, 0.15) is 382 Å². The first-order valence-corrected chi connectivity index (χ1v) is 42.8. The third-order valence-corrected chi connectivity index (χ3v) is 19.5. The van der Waals surface area contributed by atoms with Gasteiger partial charge in [-0.1, -0.05) is 329 Å². The van der Waals surface area contributed by atoms with Crippen molar-refractivity contribution in [3.05, 3.63) is 24.3 Å². The zero-order valence-corrected chi connectivity index (χ0v) is 64.7. The van der Waals surface area contributed by atoms with Gasteiger partial charge in [-0.25, -0.2) is 9.13 Å². The summed E-state index contributed by atoms with van der Waals surface area (Å²) in [5.74, 6) is -0.756. The molecule has 0 saturated carbocycles. The van der Waals surface area contributed by atoms with E-state index < -0.39 is 97.5 Å². The van der Waals surface area contributed by atoms with E-state index in [4.69, 9.17) is 37.0 Å². The molecule has 19 heteroatoms. The Morgan fingerprint density at radius 3 is 0.845 bits per heavy atom. The van der Waals surface area contributed by atoms with E-state index in [-0.39, 0.29) is 25.7 Å². The lowest BCUT2D eigenvalue weighted by Crippen LogP contribution is -2.30. The number of aliphatic hydroxyl groups excluding tert-OH is 1. The maximum absolute atomic E-state index is 13.1. The number of ether oxygens (including phenoxy) is 4. The van der Waals surface area contributed by atoms with Crippen molar-refractivity contribution in [3.8, 4) is 0 Å². The number of phosphoric acid groups is 2. The molecular weight excluding hydrogens is 1270 g/mol. The SMILES string of the molecule is CCCCCC/C=C\C=C/CCCCCCCC(=O)OC[C@H](COP(=O)(O)OC[C@@H](O)COP(=O)(O)OC[C@@H](COC(=O)CCCCCCCCC(C)C)OC(=O)CCCCCCCCCCC(C)C)OC(=O)CCCCCCCCCCCCCCCCCCCCCCCC. The van der Waals surface area contributed by atoms with Crippen LogP contribution in [0, 0.1) is 11.8 Å². The zero-order chi connectivity index (χ0) is 71.4. The van der Waals surface area contributed by atoms with Crippen LogP contribution in [0.4, 0.5) is 0 Å². The predicted molar refractivity (Wildman–Crippen MR) is 395 cm³/mol. The molecule has 0 aliphatic rings. The topological polar surface area (TPSA) is 237 Å². The van der Waals surface area contributed by atoms with Crippen molar-refractivity contribution >= 4 is 39.5 Å². The molecule has 97 heavy (non-hydrogen) atoms. The molecule has 0 bridgehead atoms. The van der Waals surface area contributed by atoms with E-state index in [1.165, 1.54) is 173 Å². The quantitative estimate of drug-likeness (QED) is 0.0169. The molecule has 0 saturated heterocycles. The molecule has 2 unspecified atom stereocenters. The number of phosphoric ester groups is 2. The normalized spacial score (nSPS) is 14.1. The van der Waals surface area contributed by atoms with E-state index in [2.05, 4.69) is 65.8 Å². The Morgan fingerprint density at radius 2 is 0.557 bits per heavy atom. The molecule has 572 valence electrons. The van der Waals surface area contributed by atoms with E-state index in [0.29, 0.717) is 37.5 Å². The number of aliphatic hydroxyl groups is 1. The highest BCUT2D eigenvalue weighted by atomic mass is 31.2. The third-order valence-electron chi connectivity index (χ3n) is 17.6. The van der Waals surface area contributed by atoms with E-state index in [0.717, 1.165) is 116 Å². The second kappa shape index (κ2) is 69.3. The van der Waals surface area contributed by atoms with Gasteiger partial charge >= 0.3 is 39.5 Å². The Kier molecular flexibility index (Phi) is 67.5. The summed E-state index contributed by atoms with van der Waals surface area (Å²) >= 11 is 0. The number of carbonyl (C=O) groups excluding carboxylic acids is 4. The molecule has 0 radical (unpaired) electrons. The average molecular weight is 1420 g/mol. The van der Waals surface area contributed by atoms with Crippen LogP contribution in [0.3, 0.4) is 0 Å². The van der Waals surface area contributed by atoms with Crippen LogP contribution in [-0.4, -0.2) is 96.7 Å². The number of carbonyl (C=O) groups is 4. The van der Waals surface area contributed by atoms with Crippen molar-refractivity contribution in [1.29, 1.82) is 0 Å². The van der Waals surface area contributed by atoms with Gasteiger partial charge in [-0.2, -0.15) is 0 Å². The molecule has 17 nitrogen and oxygen atoms in total. The summed E-state index contributed by atoms with van der Waals surface area (Å²) in [5.41, 5.74) is 0. The van der Waals surface area contributed by atoms with Crippen LogP contribution in [0.2, 0.25) is 0 Å². The van der Waals surface area contributed by atoms with Crippen molar-refractivity contribution in [3.63, 3.8) is 0 Å². The Bertz CT molecular complexity index is 1970. The second-order valence-electron chi connectivity index (χ2n) is 28.4. The molecule has 3 N–H and O–H groups in total. The van der Waals surface area contributed by atoms with Gasteiger partial charge in [0, 0.05) is 25.7 Å². The first kappa shape index (κ1) is 94.5. The molecule has 0 aliphatic heterocycles. The molecule has 0 aromatic carbocycles. The van der Waals surface area contributed by atoms with Gasteiger partial charge in [0.25, 0.3) is 0 Å². The van der Waals surface area contributed by atoms with Gasteiger partial charge in [0.05, 0.1) is 26.4 Å². The summed E-state index contributed by atoms with van der Waals surface area (Å²) in [6.07, 6.45) is 60.9. The monoisotopic (exact) mass is 1420 g/mol. The lowest BCUT2D eigenvalue weighted by atomic mass is 10.0. The van der Waals surface area contributed by atoms with Gasteiger partial charge in [0.15, 0.2) is 12.2 Å². The lowest BCUT2D eigenvalue weighted by molar-refractivity contribution is -0.161. The number of esters is 4. The molecular formula is C78H148O17P2. The van der Waals surface area contributed by atoms with Crippen molar-refractivity contribution < 1.29 is 80.2 Å².